The smallest absolute Gasteiger partial charge is 0.261 e. The molecule has 0 atom stereocenters. The predicted molar refractivity (Wildman–Crippen MR) is 158 cm³/mol. The summed E-state index contributed by atoms with van der Waals surface area (Å²) >= 11 is 0. The number of anilines is 2. The Labute approximate surface area is 239 Å². The highest BCUT2D eigenvalue weighted by Crippen LogP contribution is 2.42. The third-order valence-corrected chi connectivity index (χ3v) is 7.48. The first-order valence-corrected chi connectivity index (χ1v) is 15.7. The first-order valence-electron chi connectivity index (χ1n) is 13.9. The van der Waals surface area contributed by atoms with Gasteiger partial charge in [-0.05, 0) is 86.4 Å². The quantitative estimate of drug-likeness (QED) is 0.252. The van der Waals surface area contributed by atoms with Crippen LogP contribution >= 0.6 is 0 Å². The second-order valence-corrected chi connectivity index (χ2v) is 12.2. The van der Waals surface area contributed by atoms with Gasteiger partial charge in [0.05, 0.1) is 34.7 Å². The van der Waals surface area contributed by atoms with E-state index in [1.165, 1.54) is 18.4 Å². The highest BCUT2D eigenvalue weighted by atomic mass is 32.2. The van der Waals surface area contributed by atoms with Crippen molar-refractivity contribution in [2.24, 2.45) is 0 Å². The van der Waals surface area contributed by atoms with Crippen LogP contribution in [0.25, 0.3) is 22.3 Å². The Morgan fingerprint density at radius 2 is 1.80 bits per heavy atom. The van der Waals surface area contributed by atoms with Gasteiger partial charge in [-0.2, -0.15) is 13.7 Å². The zero-order valence-corrected chi connectivity index (χ0v) is 24.0. The van der Waals surface area contributed by atoms with Gasteiger partial charge in [0.15, 0.2) is 0 Å². The fourth-order valence-corrected chi connectivity index (χ4v) is 5.41. The first kappa shape index (κ1) is 28.7. The van der Waals surface area contributed by atoms with Crippen LogP contribution in [0.3, 0.4) is 0 Å². The molecule has 0 amide bonds. The zero-order valence-electron chi connectivity index (χ0n) is 23.2. The first-order chi connectivity index (χ1) is 19.6. The van der Waals surface area contributed by atoms with Crippen molar-refractivity contribution in [1.29, 1.82) is 5.26 Å². The number of nitrogens with one attached hydrogen (secondary N) is 1. The highest BCUT2D eigenvalue weighted by Gasteiger charge is 2.26. The SMILES string of the molecule is CCc1nc2ccc(-c3cc(C4CC4)cc(Nc4ncccc4C#N)n3)cc2n1[C@H]1CC[C@H](O)CC1.CS(=O)(=O)O. The van der Waals surface area contributed by atoms with Gasteiger partial charge in [-0.15, -0.1) is 0 Å². The number of aliphatic hydroxyl groups excluding tert-OH is 1. The van der Waals surface area contributed by atoms with Crippen molar-refractivity contribution in [2.75, 3.05) is 11.6 Å². The maximum atomic E-state index is 10.0. The van der Waals surface area contributed by atoms with Crippen LogP contribution in [0, 0.1) is 11.3 Å². The molecule has 41 heavy (non-hydrogen) atoms. The van der Waals surface area contributed by atoms with Gasteiger partial charge in [-0.1, -0.05) is 13.0 Å². The van der Waals surface area contributed by atoms with Crippen LogP contribution < -0.4 is 5.32 Å². The largest absolute Gasteiger partial charge is 0.393 e. The number of aliphatic hydroxyl groups is 1. The lowest BCUT2D eigenvalue weighted by Gasteiger charge is -2.28. The molecule has 0 aliphatic heterocycles. The monoisotopic (exact) mass is 574 g/mol. The summed E-state index contributed by atoms with van der Waals surface area (Å²) in [7, 11) is -3.67. The standard InChI is InChI=1S/C29H30N6O.CH4O3S/c1-2-28-33-24-12-7-19(15-26(24)35(28)22-8-10-23(36)11-9-22)25-14-21(18-5-6-18)16-27(32-25)34-29-20(17-30)4-3-13-31-29;1-5(2,3)4/h3-4,7,12-16,18,22-23,36H,2,5-6,8-11H2,1H3,(H,31,32,34);1H3,(H,2,3,4)/t22-,23-;. The molecule has 0 saturated heterocycles. The van der Waals surface area contributed by atoms with Crippen LogP contribution in [0.4, 0.5) is 11.6 Å². The fourth-order valence-electron chi connectivity index (χ4n) is 5.41. The van der Waals surface area contributed by atoms with E-state index in [-0.39, 0.29) is 6.10 Å². The maximum Gasteiger partial charge on any atom is 0.261 e. The van der Waals surface area contributed by atoms with Crippen LogP contribution in [0.15, 0.2) is 48.7 Å². The van der Waals surface area contributed by atoms with Crippen molar-refractivity contribution in [1.82, 2.24) is 19.5 Å². The number of nitriles is 1. The summed E-state index contributed by atoms with van der Waals surface area (Å²) in [4.78, 5) is 14.2. The lowest BCUT2D eigenvalue weighted by Crippen LogP contribution is -2.22. The molecule has 1 aromatic carbocycles. The van der Waals surface area contributed by atoms with Crippen LogP contribution in [-0.2, 0) is 16.5 Å². The molecule has 2 aliphatic rings. The Bertz CT molecular complexity index is 1690. The summed E-state index contributed by atoms with van der Waals surface area (Å²) in [6.07, 6.45) is 9.08. The number of fused-ring (bicyclic) bond motifs is 1. The topological polar surface area (TPSA) is 154 Å². The number of nitrogens with zero attached hydrogens (tertiary/aromatic N) is 5. The Balaban J connectivity index is 0.000000623. The van der Waals surface area contributed by atoms with Gasteiger partial charge in [0.1, 0.15) is 23.5 Å². The van der Waals surface area contributed by atoms with Crippen molar-refractivity contribution in [2.45, 2.75) is 69.9 Å². The minimum atomic E-state index is -3.67. The van der Waals surface area contributed by atoms with Crippen LogP contribution in [0.2, 0.25) is 0 Å². The van der Waals surface area contributed by atoms with E-state index in [1.54, 1.807) is 18.3 Å². The summed E-state index contributed by atoms with van der Waals surface area (Å²) in [5.74, 6) is 2.88. The van der Waals surface area contributed by atoms with Crippen molar-refractivity contribution in [3.63, 3.8) is 0 Å². The predicted octanol–water partition coefficient (Wildman–Crippen LogP) is 5.53. The molecule has 4 aromatic rings. The van der Waals surface area contributed by atoms with Crippen molar-refractivity contribution < 1.29 is 18.1 Å². The number of aromatic nitrogens is 4. The summed E-state index contributed by atoms with van der Waals surface area (Å²) in [5.41, 5.74) is 5.85. The van der Waals surface area contributed by atoms with E-state index in [1.807, 2.05) is 0 Å². The number of rotatable bonds is 6. The third kappa shape index (κ3) is 7.08. The van der Waals surface area contributed by atoms with Crippen molar-refractivity contribution in [3.8, 4) is 17.3 Å². The number of hydrogen-bond donors (Lipinski definition) is 3. The summed E-state index contributed by atoms with van der Waals surface area (Å²) in [6, 6.07) is 16.8. The fraction of sp³-hybridized carbons (Fsp3) is 0.400. The average molecular weight is 575 g/mol. The second kappa shape index (κ2) is 11.9. The number of benzene rings is 1. The maximum absolute atomic E-state index is 10.0. The zero-order chi connectivity index (χ0) is 29.1. The Morgan fingerprint density at radius 1 is 1.07 bits per heavy atom. The van der Waals surface area contributed by atoms with Gasteiger partial charge < -0.3 is 15.0 Å². The molecule has 10 nitrogen and oxygen atoms in total. The molecule has 3 heterocycles. The molecule has 0 bridgehead atoms. The van der Waals surface area contributed by atoms with Gasteiger partial charge in [-0.3, -0.25) is 4.55 Å². The van der Waals surface area contributed by atoms with Gasteiger partial charge in [0.2, 0.25) is 0 Å². The number of imidazole rings is 1. The van der Waals surface area contributed by atoms with Gasteiger partial charge >= 0.3 is 0 Å². The Kier molecular flexibility index (Phi) is 8.35. The summed E-state index contributed by atoms with van der Waals surface area (Å²) < 4.78 is 28.3. The van der Waals surface area contributed by atoms with Gasteiger partial charge in [0, 0.05) is 24.2 Å². The van der Waals surface area contributed by atoms with Gasteiger partial charge in [-0.25, -0.2) is 15.0 Å². The number of pyridine rings is 2. The minimum Gasteiger partial charge on any atom is -0.393 e. The number of aryl methyl sites for hydroxylation is 1. The molecule has 2 aliphatic carbocycles. The van der Waals surface area contributed by atoms with Gasteiger partial charge in [0.25, 0.3) is 10.1 Å². The normalized spacial score (nSPS) is 18.8. The molecule has 3 N–H and O–H groups in total. The van der Waals surface area contributed by atoms with E-state index in [9.17, 15) is 18.8 Å². The molecule has 6 rings (SSSR count). The average Bonchev–Trinajstić information content (AvgIpc) is 3.73. The minimum absolute atomic E-state index is 0.183. The summed E-state index contributed by atoms with van der Waals surface area (Å²) in [5, 5.41) is 22.8. The molecule has 11 heteroatoms. The Hall–Kier alpha value is -3.85. The molecule has 0 unspecified atom stereocenters. The van der Waals surface area contributed by atoms with E-state index in [2.05, 4.69) is 58.2 Å². The molecule has 2 fully saturated rings. The summed E-state index contributed by atoms with van der Waals surface area (Å²) in [6.45, 7) is 2.15. The Morgan fingerprint density at radius 3 is 2.46 bits per heavy atom. The van der Waals surface area contributed by atoms with Crippen molar-refractivity contribution >= 4 is 32.8 Å². The second-order valence-electron chi connectivity index (χ2n) is 10.7. The van der Waals surface area contributed by atoms with E-state index < -0.39 is 10.1 Å². The molecular formula is C30H34N6O4S. The van der Waals surface area contributed by atoms with Crippen LogP contribution in [0.1, 0.15) is 74.4 Å². The molecule has 0 radical (unpaired) electrons. The molecule has 2 saturated carbocycles. The van der Waals surface area contributed by atoms with Crippen LogP contribution in [-0.4, -0.2) is 50.0 Å². The third-order valence-electron chi connectivity index (χ3n) is 7.48. The molecule has 0 spiro atoms. The van der Waals surface area contributed by atoms with E-state index in [0.29, 0.717) is 35.4 Å². The molecular weight excluding hydrogens is 540 g/mol. The molecule has 3 aromatic heterocycles. The van der Waals surface area contributed by atoms with Crippen molar-refractivity contribution in [3.05, 3.63) is 65.6 Å². The highest BCUT2D eigenvalue weighted by molar-refractivity contribution is 7.85. The molecule has 214 valence electrons. The van der Waals surface area contributed by atoms with E-state index >= 15 is 0 Å². The lowest BCUT2D eigenvalue weighted by molar-refractivity contribution is 0.111. The van der Waals surface area contributed by atoms with E-state index in [4.69, 9.17) is 14.5 Å². The van der Waals surface area contributed by atoms with E-state index in [0.717, 1.165) is 60.2 Å². The lowest BCUT2D eigenvalue weighted by atomic mass is 9.92. The van der Waals surface area contributed by atoms with Crippen LogP contribution in [0.5, 0.6) is 0 Å². The number of hydrogen-bond acceptors (Lipinski definition) is 8.